The molecule has 0 saturated carbocycles. The molecule has 2 rings (SSSR count). The molecule has 4 N–H and O–H groups in total. The molecule has 1 aliphatic heterocycles. The SMILES string of the molecule is Cc1cc(C(N)=S)cc(NC2CCC(=O)NC2)n1. The highest BCUT2D eigenvalue weighted by Crippen LogP contribution is 2.14. The van der Waals surface area contributed by atoms with E-state index in [1.165, 1.54) is 0 Å². The molecule has 1 aliphatic rings. The Morgan fingerprint density at radius 1 is 1.61 bits per heavy atom. The van der Waals surface area contributed by atoms with Crippen LogP contribution in [-0.2, 0) is 4.79 Å². The van der Waals surface area contributed by atoms with E-state index in [0.717, 1.165) is 23.5 Å². The zero-order valence-corrected chi connectivity index (χ0v) is 11.0. The Hall–Kier alpha value is -1.69. The van der Waals surface area contributed by atoms with Gasteiger partial charge in [-0.05, 0) is 25.5 Å². The Labute approximate surface area is 111 Å². The third-order valence-electron chi connectivity index (χ3n) is 2.86. The van der Waals surface area contributed by atoms with Gasteiger partial charge in [-0.25, -0.2) is 4.98 Å². The fraction of sp³-hybridized carbons (Fsp3) is 0.417. The summed E-state index contributed by atoms with van der Waals surface area (Å²) in [5.74, 6) is 0.855. The molecular formula is C12H16N4OS. The fourth-order valence-electron chi connectivity index (χ4n) is 1.95. The van der Waals surface area contributed by atoms with Crippen LogP contribution in [0.15, 0.2) is 12.1 Å². The van der Waals surface area contributed by atoms with Gasteiger partial charge in [0.2, 0.25) is 5.91 Å². The zero-order chi connectivity index (χ0) is 13.1. The van der Waals surface area contributed by atoms with Crippen molar-refractivity contribution in [3.63, 3.8) is 0 Å². The molecular weight excluding hydrogens is 248 g/mol. The van der Waals surface area contributed by atoms with Gasteiger partial charge in [0.25, 0.3) is 0 Å². The average Bonchev–Trinajstić information content (AvgIpc) is 2.31. The third-order valence-corrected chi connectivity index (χ3v) is 3.09. The lowest BCUT2D eigenvalue weighted by Crippen LogP contribution is -2.42. The second kappa shape index (κ2) is 5.30. The van der Waals surface area contributed by atoms with Gasteiger partial charge in [0.15, 0.2) is 0 Å². The Bertz CT molecular complexity index is 479. The molecule has 1 aromatic rings. The van der Waals surface area contributed by atoms with Crippen molar-refractivity contribution in [1.29, 1.82) is 0 Å². The lowest BCUT2D eigenvalue weighted by Gasteiger charge is -2.24. The maximum atomic E-state index is 11.1. The minimum atomic E-state index is 0.106. The van der Waals surface area contributed by atoms with E-state index in [9.17, 15) is 4.79 Å². The highest BCUT2D eigenvalue weighted by molar-refractivity contribution is 7.80. The maximum Gasteiger partial charge on any atom is 0.220 e. The van der Waals surface area contributed by atoms with Crippen LogP contribution in [0.25, 0.3) is 0 Å². The van der Waals surface area contributed by atoms with Crippen molar-refractivity contribution in [3.05, 3.63) is 23.4 Å². The number of nitrogens with two attached hydrogens (primary N) is 1. The normalized spacial score (nSPS) is 19.2. The molecule has 1 saturated heterocycles. The van der Waals surface area contributed by atoms with Crippen molar-refractivity contribution in [2.75, 3.05) is 11.9 Å². The summed E-state index contributed by atoms with van der Waals surface area (Å²) in [7, 11) is 0. The van der Waals surface area contributed by atoms with E-state index < -0.39 is 0 Å². The first-order chi connectivity index (χ1) is 8.54. The quantitative estimate of drug-likeness (QED) is 0.701. The van der Waals surface area contributed by atoms with Gasteiger partial charge < -0.3 is 16.4 Å². The largest absolute Gasteiger partial charge is 0.389 e. The molecule has 1 atom stereocenters. The minimum absolute atomic E-state index is 0.106. The minimum Gasteiger partial charge on any atom is -0.389 e. The molecule has 1 unspecified atom stereocenters. The summed E-state index contributed by atoms with van der Waals surface area (Å²) >= 11 is 4.97. The number of aryl methyl sites for hydroxylation is 1. The predicted molar refractivity (Wildman–Crippen MR) is 74.5 cm³/mol. The van der Waals surface area contributed by atoms with Gasteiger partial charge in [0.05, 0.1) is 0 Å². The number of carbonyl (C=O) groups is 1. The van der Waals surface area contributed by atoms with Gasteiger partial charge in [-0.15, -0.1) is 0 Å². The van der Waals surface area contributed by atoms with E-state index >= 15 is 0 Å². The summed E-state index contributed by atoms with van der Waals surface area (Å²) in [6, 6.07) is 3.90. The van der Waals surface area contributed by atoms with Gasteiger partial charge in [-0.1, -0.05) is 12.2 Å². The van der Waals surface area contributed by atoms with E-state index in [0.29, 0.717) is 18.0 Å². The summed E-state index contributed by atoms with van der Waals surface area (Å²) in [5, 5.41) is 6.12. The van der Waals surface area contributed by atoms with Crippen LogP contribution in [0.3, 0.4) is 0 Å². The topological polar surface area (TPSA) is 80.0 Å². The first-order valence-corrected chi connectivity index (χ1v) is 6.27. The van der Waals surface area contributed by atoms with E-state index in [1.807, 2.05) is 19.1 Å². The second-order valence-electron chi connectivity index (χ2n) is 4.43. The predicted octanol–water partition coefficient (Wildman–Crippen LogP) is 0.715. The molecule has 1 fully saturated rings. The molecule has 96 valence electrons. The van der Waals surface area contributed by atoms with Gasteiger partial charge in [-0.3, -0.25) is 4.79 Å². The molecule has 18 heavy (non-hydrogen) atoms. The number of hydrogen-bond donors (Lipinski definition) is 3. The Balaban J connectivity index is 2.09. The fourth-order valence-corrected chi connectivity index (χ4v) is 2.07. The smallest absolute Gasteiger partial charge is 0.220 e. The molecule has 6 heteroatoms. The van der Waals surface area contributed by atoms with Crippen molar-refractivity contribution < 1.29 is 4.79 Å². The van der Waals surface area contributed by atoms with Crippen LogP contribution in [0.5, 0.6) is 0 Å². The number of rotatable bonds is 3. The van der Waals surface area contributed by atoms with Crippen molar-refractivity contribution in [1.82, 2.24) is 10.3 Å². The Kier molecular flexibility index (Phi) is 3.76. The first-order valence-electron chi connectivity index (χ1n) is 5.86. The standard InChI is InChI=1S/C12H16N4OS/c1-7-4-8(12(13)18)5-10(15-7)16-9-2-3-11(17)14-6-9/h4-5,9H,2-3,6H2,1H3,(H2,13,18)(H,14,17)(H,15,16). The second-order valence-corrected chi connectivity index (χ2v) is 4.87. The number of amides is 1. The molecule has 1 amide bonds. The number of carbonyl (C=O) groups excluding carboxylic acids is 1. The number of anilines is 1. The van der Waals surface area contributed by atoms with Crippen molar-refractivity contribution in [3.8, 4) is 0 Å². The summed E-state index contributed by atoms with van der Waals surface area (Å²) in [5.41, 5.74) is 7.29. The van der Waals surface area contributed by atoms with E-state index in [-0.39, 0.29) is 11.9 Å². The van der Waals surface area contributed by atoms with Crippen molar-refractivity contribution in [2.45, 2.75) is 25.8 Å². The van der Waals surface area contributed by atoms with Crippen molar-refractivity contribution >= 4 is 28.9 Å². The van der Waals surface area contributed by atoms with Gasteiger partial charge >= 0.3 is 0 Å². The molecule has 0 bridgehead atoms. The molecule has 0 radical (unpaired) electrons. The summed E-state index contributed by atoms with van der Waals surface area (Å²) in [4.78, 5) is 15.8. The van der Waals surface area contributed by atoms with E-state index in [1.54, 1.807) is 0 Å². The molecule has 1 aromatic heterocycles. The highest BCUT2D eigenvalue weighted by Gasteiger charge is 2.18. The van der Waals surface area contributed by atoms with Gasteiger partial charge in [-0.2, -0.15) is 0 Å². The molecule has 0 spiro atoms. The third kappa shape index (κ3) is 3.16. The lowest BCUT2D eigenvalue weighted by atomic mass is 10.1. The monoisotopic (exact) mass is 264 g/mol. The number of nitrogens with zero attached hydrogens (tertiary/aromatic N) is 1. The number of aromatic nitrogens is 1. The number of nitrogens with one attached hydrogen (secondary N) is 2. The number of piperidine rings is 1. The molecule has 5 nitrogen and oxygen atoms in total. The highest BCUT2D eigenvalue weighted by atomic mass is 32.1. The average molecular weight is 264 g/mol. The van der Waals surface area contributed by atoms with Crippen LogP contribution in [0.2, 0.25) is 0 Å². The summed E-state index contributed by atoms with van der Waals surface area (Å²) in [6.07, 6.45) is 1.36. The van der Waals surface area contributed by atoms with Crippen LogP contribution in [-0.4, -0.2) is 28.5 Å². The van der Waals surface area contributed by atoms with Crippen LogP contribution < -0.4 is 16.4 Å². The van der Waals surface area contributed by atoms with Crippen LogP contribution in [0, 0.1) is 6.92 Å². The number of pyridine rings is 1. The van der Waals surface area contributed by atoms with Crippen LogP contribution in [0.1, 0.15) is 24.1 Å². The Morgan fingerprint density at radius 2 is 2.39 bits per heavy atom. The summed E-state index contributed by atoms with van der Waals surface area (Å²) in [6.45, 7) is 2.52. The molecule has 2 heterocycles. The van der Waals surface area contributed by atoms with Crippen LogP contribution in [0.4, 0.5) is 5.82 Å². The van der Waals surface area contributed by atoms with E-state index in [2.05, 4.69) is 15.6 Å². The number of hydrogen-bond acceptors (Lipinski definition) is 4. The van der Waals surface area contributed by atoms with Crippen molar-refractivity contribution in [2.24, 2.45) is 5.73 Å². The Morgan fingerprint density at radius 3 is 3.00 bits per heavy atom. The maximum absolute atomic E-state index is 11.1. The molecule has 0 aliphatic carbocycles. The molecule has 0 aromatic carbocycles. The van der Waals surface area contributed by atoms with Crippen LogP contribution >= 0.6 is 12.2 Å². The number of thiocarbonyl (C=S) groups is 1. The zero-order valence-electron chi connectivity index (χ0n) is 10.2. The van der Waals surface area contributed by atoms with Gasteiger partial charge in [0, 0.05) is 30.3 Å². The van der Waals surface area contributed by atoms with E-state index in [4.69, 9.17) is 18.0 Å². The summed E-state index contributed by atoms with van der Waals surface area (Å²) < 4.78 is 0. The lowest BCUT2D eigenvalue weighted by molar-refractivity contribution is -0.122. The van der Waals surface area contributed by atoms with Gasteiger partial charge in [0.1, 0.15) is 10.8 Å². The first kappa shape index (κ1) is 12.8.